The lowest BCUT2D eigenvalue weighted by molar-refractivity contribution is -0.120. The van der Waals surface area contributed by atoms with Crippen molar-refractivity contribution >= 4 is 35.1 Å². The highest BCUT2D eigenvalue weighted by Gasteiger charge is 2.48. The van der Waals surface area contributed by atoms with Crippen LogP contribution in [0, 0.1) is 0 Å². The number of Topliss-reactive ketones (excluding diaryl/α,β-unsaturated/α-hetero) is 1. The number of hydrogen-bond donors (Lipinski definition) is 2. The zero-order valence-corrected chi connectivity index (χ0v) is 12.1. The predicted molar refractivity (Wildman–Crippen MR) is 74.9 cm³/mol. The molecule has 0 fully saturated rings. The summed E-state index contributed by atoms with van der Waals surface area (Å²) >= 11 is 12.4. The quantitative estimate of drug-likeness (QED) is 0.822. The topological polar surface area (TPSA) is 66.4 Å². The molecule has 1 amide bonds. The van der Waals surface area contributed by atoms with Crippen molar-refractivity contribution in [1.82, 2.24) is 5.32 Å². The van der Waals surface area contributed by atoms with E-state index >= 15 is 0 Å². The SMILES string of the molecule is CC(C)(c1ccccc1)C(Cl)(Cl)C(=O)CNC(=O)O. The first-order valence-electron chi connectivity index (χ1n) is 5.63. The average molecular weight is 304 g/mol. The molecule has 0 saturated heterocycles. The van der Waals surface area contributed by atoms with E-state index in [1.807, 2.05) is 35.6 Å². The van der Waals surface area contributed by atoms with Crippen LogP contribution in [0.3, 0.4) is 0 Å². The molecule has 4 nitrogen and oxygen atoms in total. The van der Waals surface area contributed by atoms with Gasteiger partial charge in [0.2, 0.25) is 0 Å². The molecular weight excluding hydrogens is 289 g/mol. The predicted octanol–water partition coefficient (Wildman–Crippen LogP) is 2.97. The number of carbonyl (C=O) groups excluding carboxylic acids is 1. The molecule has 1 aromatic rings. The van der Waals surface area contributed by atoms with Gasteiger partial charge in [-0.3, -0.25) is 4.79 Å². The number of nitrogens with one attached hydrogen (secondary N) is 1. The lowest BCUT2D eigenvalue weighted by Crippen LogP contribution is -2.49. The smallest absolute Gasteiger partial charge is 0.405 e. The molecule has 104 valence electrons. The number of ketones is 1. The summed E-state index contributed by atoms with van der Waals surface area (Å²) in [5.41, 5.74) is -0.0575. The molecule has 0 aliphatic carbocycles. The molecule has 1 rings (SSSR count). The monoisotopic (exact) mass is 303 g/mol. The lowest BCUT2D eigenvalue weighted by Gasteiger charge is -2.36. The number of rotatable bonds is 5. The van der Waals surface area contributed by atoms with Crippen molar-refractivity contribution in [3.8, 4) is 0 Å². The van der Waals surface area contributed by atoms with Gasteiger partial charge < -0.3 is 10.4 Å². The van der Waals surface area contributed by atoms with Crippen LogP contribution in [0.5, 0.6) is 0 Å². The molecule has 6 heteroatoms. The number of carbonyl (C=O) groups is 2. The summed E-state index contributed by atoms with van der Waals surface area (Å²) in [5.74, 6) is -0.591. The van der Waals surface area contributed by atoms with Crippen LogP contribution in [-0.4, -0.2) is 27.9 Å². The van der Waals surface area contributed by atoms with Gasteiger partial charge in [-0.05, 0) is 5.56 Å². The van der Waals surface area contributed by atoms with Gasteiger partial charge in [0.15, 0.2) is 10.1 Å². The van der Waals surface area contributed by atoms with Crippen LogP contribution in [0.2, 0.25) is 0 Å². The minimum atomic E-state index is -1.73. The van der Waals surface area contributed by atoms with Gasteiger partial charge in [-0.25, -0.2) is 4.79 Å². The van der Waals surface area contributed by atoms with Gasteiger partial charge in [0.1, 0.15) is 0 Å². The summed E-state index contributed by atoms with van der Waals surface area (Å²) in [4.78, 5) is 22.4. The number of benzene rings is 1. The second kappa shape index (κ2) is 5.80. The van der Waals surface area contributed by atoms with E-state index in [2.05, 4.69) is 0 Å². The molecular formula is C13H15Cl2NO3. The van der Waals surface area contributed by atoms with Gasteiger partial charge >= 0.3 is 6.09 Å². The molecule has 0 aromatic heterocycles. The van der Waals surface area contributed by atoms with Crippen LogP contribution in [0.4, 0.5) is 4.79 Å². The molecule has 0 unspecified atom stereocenters. The molecule has 0 aliphatic heterocycles. The van der Waals surface area contributed by atoms with Crippen LogP contribution in [0.25, 0.3) is 0 Å². The second-order valence-electron chi connectivity index (χ2n) is 4.65. The maximum atomic E-state index is 12.0. The fraction of sp³-hybridized carbons (Fsp3) is 0.385. The zero-order valence-electron chi connectivity index (χ0n) is 10.6. The van der Waals surface area contributed by atoms with Crippen molar-refractivity contribution in [1.29, 1.82) is 0 Å². The van der Waals surface area contributed by atoms with E-state index in [0.717, 1.165) is 5.56 Å². The third-order valence-corrected chi connectivity index (χ3v) is 4.40. The van der Waals surface area contributed by atoms with E-state index in [-0.39, 0.29) is 0 Å². The number of alkyl halides is 2. The van der Waals surface area contributed by atoms with E-state index in [9.17, 15) is 9.59 Å². The van der Waals surface area contributed by atoms with Crippen molar-refractivity contribution in [2.45, 2.75) is 23.6 Å². The summed E-state index contributed by atoms with van der Waals surface area (Å²) in [6, 6.07) is 9.12. The molecule has 19 heavy (non-hydrogen) atoms. The molecule has 0 heterocycles. The van der Waals surface area contributed by atoms with Crippen LogP contribution >= 0.6 is 23.2 Å². The Kier molecular flexibility index (Phi) is 4.82. The van der Waals surface area contributed by atoms with E-state index in [1.165, 1.54) is 0 Å². The second-order valence-corrected chi connectivity index (χ2v) is 5.97. The highest BCUT2D eigenvalue weighted by Crippen LogP contribution is 2.43. The number of halogens is 2. The van der Waals surface area contributed by atoms with Gasteiger partial charge in [0.25, 0.3) is 0 Å². The van der Waals surface area contributed by atoms with Crippen LogP contribution < -0.4 is 5.32 Å². The molecule has 1 aromatic carbocycles. The third kappa shape index (κ3) is 3.39. The number of carboxylic acid groups (broad SMARTS) is 1. The van der Waals surface area contributed by atoms with E-state index < -0.39 is 28.2 Å². The molecule has 0 atom stereocenters. The Bertz CT molecular complexity index is 472. The Morgan fingerprint density at radius 3 is 2.21 bits per heavy atom. The lowest BCUT2D eigenvalue weighted by atomic mass is 9.79. The zero-order chi connectivity index (χ0) is 14.7. The normalized spacial score (nSPS) is 12.0. The van der Waals surface area contributed by atoms with Crippen LogP contribution in [0.15, 0.2) is 30.3 Å². The van der Waals surface area contributed by atoms with Crippen molar-refractivity contribution in [2.75, 3.05) is 6.54 Å². The Labute approximate surface area is 121 Å². The third-order valence-electron chi connectivity index (χ3n) is 3.03. The van der Waals surface area contributed by atoms with Gasteiger partial charge in [-0.2, -0.15) is 0 Å². The highest BCUT2D eigenvalue weighted by atomic mass is 35.5. The minimum Gasteiger partial charge on any atom is -0.465 e. The van der Waals surface area contributed by atoms with Gasteiger partial charge in [-0.15, -0.1) is 0 Å². The first-order chi connectivity index (χ1) is 8.69. The van der Waals surface area contributed by atoms with Gasteiger partial charge in [0.05, 0.1) is 6.54 Å². The van der Waals surface area contributed by atoms with Crippen molar-refractivity contribution in [2.24, 2.45) is 0 Å². The largest absolute Gasteiger partial charge is 0.465 e. The minimum absolute atomic E-state index is 0.432. The molecule has 0 radical (unpaired) electrons. The van der Waals surface area contributed by atoms with Crippen molar-refractivity contribution in [3.05, 3.63) is 35.9 Å². The standard InChI is InChI=1S/C13H15Cl2NO3/c1-12(2,9-6-4-3-5-7-9)13(14,15)10(17)8-16-11(18)19/h3-7,16H,8H2,1-2H3,(H,18,19). The van der Waals surface area contributed by atoms with Crippen molar-refractivity contribution < 1.29 is 14.7 Å². The summed E-state index contributed by atoms with van der Waals surface area (Å²) < 4.78 is -1.73. The maximum absolute atomic E-state index is 12.0. The molecule has 0 bridgehead atoms. The summed E-state index contributed by atoms with van der Waals surface area (Å²) in [6.45, 7) is 3.04. The summed E-state index contributed by atoms with van der Waals surface area (Å²) in [5, 5.41) is 10.5. The van der Waals surface area contributed by atoms with Crippen LogP contribution in [-0.2, 0) is 10.2 Å². The summed E-state index contributed by atoms with van der Waals surface area (Å²) in [7, 11) is 0. The van der Waals surface area contributed by atoms with E-state index in [4.69, 9.17) is 28.3 Å². The Hall–Kier alpha value is -1.26. The fourth-order valence-electron chi connectivity index (χ4n) is 1.65. The number of amides is 1. The summed E-state index contributed by atoms with van der Waals surface area (Å²) in [6.07, 6.45) is -1.30. The maximum Gasteiger partial charge on any atom is 0.405 e. The Balaban J connectivity index is 2.97. The number of hydrogen-bond acceptors (Lipinski definition) is 2. The molecule has 0 spiro atoms. The fourth-order valence-corrected chi connectivity index (χ4v) is 2.00. The first kappa shape index (κ1) is 15.8. The molecule has 0 aliphatic rings. The first-order valence-corrected chi connectivity index (χ1v) is 6.38. The molecule has 2 N–H and O–H groups in total. The van der Waals surface area contributed by atoms with Gasteiger partial charge in [0, 0.05) is 5.41 Å². The molecule has 0 saturated carbocycles. The average Bonchev–Trinajstić information content (AvgIpc) is 2.36. The Morgan fingerprint density at radius 1 is 1.21 bits per heavy atom. The van der Waals surface area contributed by atoms with Crippen LogP contribution in [0.1, 0.15) is 19.4 Å². The van der Waals surface area contributed by atoms with Gasteiger partial charge in [-0.1, -0.05) is 67.4 Å². The van der Waals surface area contributed by atoms with E-state index in [1.54, 1.807) is 13.8 Å². The van der Waals surface area contributed by atoms with Crippen molar-refractivity contribution in [3.63, 3.8) is 0 Å². The van der Waals surface area contributed by atoms with E-state index in [0.29, 0.717) is 0 Å². The highest BCUT2D eigenvalue weighted by molar-refractivity contribution is 6.59. The Morgan fingerprint density at radius 2 is 1.74 bits per heavy atom.